The topological polar surface area (TPSA) is 96.2 Å². The van der Waals surface area contributed by atoms with Gasteiger partial charge in [0, 0.05) is 30.0 Å². The van der Waals surface area contributed by atoms with Crippen molar-refractivity contribution in [3.05, 3.63) is 0 Å². The number of fused-ring (bicyclic) bond motifs is 1. The van der Waals surface area contributed by atoms with E-state index in [9.17, 15) is 9.59 Å². The number of hydrogen-bond donors (Lipinski definition) is 4. The minimum absolute atomic E-state index is 0. The predicted octanol–water partition coefficient (Wildman–Crippen LogP) is 1.77. The van der Waals surface area contributed by atoms with Gasteiger partial charge in [0.1, 0.15) is 0 Å². The standard InChI is InChI=1S/C16H30N4O2S.ClH/c1-2-3-6-11(9-17)18-14(21)8-5-4-7-13-15-12(10-23-13)19-16(22)20-15;/h11-13,15H,2-10,17H2,1H3,(H,18,21)(H2,19,20,22);1H/t11?,12-,13-,15-;/m0./s1. The summed E-state index contributed by atoms with van der Waals surface area (Å²) < 4.78 is 0. The first-order valence-corrected chi connectivity index (χ1v) is 9.87. The van der Waals surface area contributed by atoms with Gasteiger partial charge in [0.05, 0.1) is 12.1 Å². The second-order valence-corrected chi connectivity index (χ2v) is 7.78. The molecule has 2 fully saturated rings. The molecule has 2 rings (SSSR count). The minimum Gasteiger partial charge on any atom is -0.352 e. The molecule has 6 nitrogen and oxygen atoms in total. The maximum absolute atomic E-state index is 12.0. The maximum Gasteiger partial charge on any atom is 0.315 e. The van der Waals surface area contributed by atoms with Gasteiger partial charge >= 0.3 is 6.03 Å². The third-order valence-corrected chi connectivity index (χ3v) is 6.15. The molecule has 5 N–H and O–H groups in total. The number of nitrogens with one attached hydrogen (secondary N) is 3. The number of amides is 3. The molecule has 0 bridgehead atoms. The lowest BCUT2D eigenvalue weighted by atomic mass is 10.0. The lowest BCUT2D eigenvalue weighted by Crippen LogP contribution is -2.40. The van der Waals surface area contributed by atoms with Gasteiger partial charge in [0.25, 0.3) is 0 Å². The monoisotopic (exact) mass is 378 g/mol. The van der Waals surface area contributed by atoms with E-state index < -0.39 is 0 Å². The lowest BCUT2D eigenvalue weighted by Gasteiger charge is -2.17. The Morgan fingerprint density at radius 1 is 1.38 bits per heavy atom. The molecule has 2 saturated heterocycles. The summed E-state index contributed by atoms with van der Waals surface area (Å²) in [6.45, 7) is 2.66. The van der Waals surface area contributed by atoms with Crippen molar-refractivity contribution in [1.29, 1.82) is 0 Å². The molecule has 0 spiro atoms. The largest absolute Gasteiger partial charge is 0.352 e. The van der Waals surface area contributed by atoms with Crippen LogP contribution in [-0.2, 0) is 4.79 Å². The van der Waals surface area contributed by atoms with Crippen molar-refractivity contribution >= 4 is 36.1 Å². The molecule has 1 unspecified atom stereocenters. The van der Waals surface area contributed by atoms with Crippen LogP contribution in [0.15, 0.2) is 0 Å². The Morgan fingerprint density at radius 2 is 2.17 bits per heavy atom. The van der Waals surface area contributed by atoms with E-state index in [1.54, 1.807) is 0 Å². The number of nitrogens with two attached hydrogens (primary N) is 1. The van der Waals surface area contributed by atoms with Gasteiger partial charge in [0.2, 0.25) is 5.91 Å². The summed E-state index contributed by atoms with van der Waals surface area (Å²) in [6.07, 6.45) is 6.73. The number of urea groups is 1. The van der Waals surface area contributed by atoms with Crippen LogP contribution in [0.5, 0.6) is 0 Å². The summed E-state index contributed by atoms with van der Waals surface area (Å²) in [6, 6.07) is 0.625. The summed E-state index contributed by atoms with van der Waals surface area (Å²) in [5.41, 5.74) is 5.70. The number of carbonyl (C=O) groups excluding carboxylic acids is 2. The fourth-order valence-corrected chi connectivity index (χ4v) is 4.82. The first-order valence-electron chi connectivity index (χ1n) is 8.82. The van der Waals surface area contributed by atoms with Crippen LogP contribution in [0.2, 0.25) is 0 Å². The molecule has 3 amide bonds. The quantitative estimate of drug-likeness (QED) is 0.344. The zero-order chi connectivity index (χ0) is 16.7. The molecule has 0 aromatic rings. The van der Waals surface area contributed by atoms with Gasteiger partial charge in [0.15, 0.2) is 0 Å². The van der Waals surface area contributed by atoms with Gasteiger partial charge in [-0.25, -0.2) is 4.79 Å². The molecule has 4 atom stereocenters. The molecule has 2 aliphatic heterocycles. The average molecular weight is 379 g/mol. The van der Waals surface area contributed by atoms with Crippen LogP contribution in [0.25, 0.3) is 0 Å². The van der Waals surface area contributed by atoms with Gasteiger partial charge < -0.3 is 21.7 Å². The van der Waals surface area contributed by atoms with Crippen molar-refractivity contribution < 1.29 is 9.59 Å². The molecule has 24 heavy (non-hydrogen) atoms. The Morgan fingerprint density at radius 3 is 2.88 bits per heavy atom. The van der Waals surface area contributed by atoms with Crippen LogP contribution in [0, 0.1) is 0 Å². The summed E-state index contributed by atoms with van der Waals surface area (Å²) in [7, 11) is 0. The molecular formula is C16H31ClN4O2S. The highest BCUT2D eigenvalue weighted by atomic mass is 35.5. The highest BCUT2D eigenvalue weighted by molar-refractivity contribution is 8.00. The highest BCUT2D eigenvalue weighted by Crippen LogP contribution is 2.33. The first-order chi connectivity index (χ1) is 11.1. The Labute approximate surface area is 155 Å². The summed E-state index contributed by atoms with van der Waals surface area (Å²) >= 11 is 1.92. The van der Waals surface area contributed by atoms with E-state index in [1.165, 1.54) is 0 Å². The summed E-state index contributed by atoms with van der Waals surface area (Å²) in [5, 5.41) is 9.47. The van der Waals surface area contributed by atoms with Gasteiger partial charge in [-0.1, -0.05) is 26.2 Å². The number of unbranched alkanes of at least 4 members (excludes halogenated alkanes) is 2. The fourth-order valence-electron chi connectivity index (χ4n) is 3.27. The second-order valence-electron chi connectivity index (χ2n) is 6.51. The Kier molecular flexibility index (Phi) is 9.85. The zero-order valence-electron chi connectivity index (χ0n) is 14.4. The van der Waals surface area contributed by atoms with Gasteiger partial charge in [-0.05, 0) is 19.3 Å². The van der Waals surface area contributed by atoms with Crippen LogP contribution < -0.4 is 21.7 Å². The van der Waals surface area contributed by atoms with Crippen molar-refractivity contribution in [2.45, 2.75) is 75.2 Å². The molecule has 0 saturated carbocycles. The van der Waals surface area contributed by atoms with Crippen molar-refractivity contribution in [2.75, 3.05) is 12.3 Å². The summed E-state index contributed by atoms with van der Waals surface area (Å²) in [5.74, 6) is 1.11. The SMILES string of the molecule is CCCCC(CN)NC(=O)CCCC[C@@H]1SC[C@@H]2NC(=O)N[C@@H]21.Cl. The summed E-state index contributed by atoms with van der Waals surface area (Å²) in [4.78, 5) is 23.3. The third kappa shape index (κ3) is 6.33. The molecule has 2 aliphatic rings. The van der Waals surface area contributed by atoms with E-state index in [4.69, 9.17) is 5.73 Å². The Hall–Kier alpha value is -0.660. The molecule has 0 aliphatic carbocycles. The van der Waals surface area contributed by atoms with Crippen LogP contribution in [0.3, 0.4) is 0 Å². The zero-order valence-corrected chi connectivity index (χ0v) is 16.0. The van der Waals surface area contributed by atoms with Gasteiger partial charge in [-0.3, -0.25) is 4.79 Å². The Bertz CT molecular complexity index is 414. The van der Waals surface area contributed by atoms with Crippen LogP contribution in [0.1, 0.15) is 51.9 Å². The molecule has 2 heterocycles. The number of halogens is 1. The van der Waals surface area contributed by atoms with E-state index in [0.717, 1.165) is 44.3 Å². The van der Waals surface area contributed by atoms with Gasteiger partial charge in [-0.2, -0.15) is 11.8 Å². The number of rotatable bonds is 10. The van der Waals surface area contributed by atoms with Crippen molar-refractivity contribution in [3.8, 4) is 0 Å². The molecular weight excluding hydrogens is 348 g/mol. The number of thioether (sulfide) groups is 1. The molecule has 8 heteroatoms. The fraction of sp³-hybridized carbons (Fsp3) is 0.875. The minimum atomic E-state index is -0.0374. The predicted molar refractivity (Wildman–Crippen MR) is 102 cm³/mol. The van der Waals surface area contributed by atoms with E-state index in [-0.39, 0.29) is 42.5 Å². The Balaban J connectivity index is 0.00000288. The van der Waals surface area contributed by atoms with E-state index >= 15 is 0 Å². The second kappa shape index (κ2) is 11.1. The normalized spacial score (nSPS) is 26.1. The van der Waals surface area contributed by atoms with Gasteiger partial charge in [-0.15, -0.1) is 12.4 Å². The van der Waals surface area contributed by atoms with Crippen molar-refractivity contribution in [2.24, 2.45) is 5.73 Å². The van der Waals surface area contributed by atoms with Crippen LogP contribution in [-0.4, -0.2) is 47.6 Å². The van der Waals surface area contributed by atoms with Crippen LogP contribution in [0.4, 0.5) is 4.79 Å². The number of carbonyl (C=O) groups is 2. The smallest absolute Gasteiger partial charge is 0.315 e. The number of hydrogen-bond acceptors (Lipinski definition) is 4. The van der Waals surface area contributed by atoms with E-state index in [2.05, 4.69) is 22.9 Å². The average Bonchev–Trinajstić information content (AvgIpc) is 3.07. The molecule has 0 aromatic heterocycles. The van der Waals surface area contributed by atoms with Crippen molar-refractivity contribution in [1.82, 2.24) is 16.0 Å². The van der Waals surface area contributed by atoms with E-state index in [0.29, 0.717) is 18.2 Å². The first kappa shape index (κ1) is 21.4. The van der Waals surface area contributed by atoms with Crippen molar-refractivity contribution in [3.63, 3.8) is 0 Å². The lowest BCUT2D eigenvalue weighted by molar-refractivity contribution is -0.121. The third-order valence-electron chi connectivity index (χ3n) is 4.64. The highest BCUT2D eigenvalue weighted by Gasteiger charge is 2.42. The molecule has 0 aromatic carbocycles. The van der Waals surface area contributed by atoms with E-state index in [1.807, 2.05) is 11.8 Å². The van der Waals surface area contributed by atoms with Crippen LogP contribution >= 0.6 is 24.2 Å². The molecule has 0 radical (unpaired) electrons. The molecule has 140 valence electrons. The maximum atomic E-state index is 12.0.